The Morgan fingerprint density at radius 3 is 2.52 bits per heavy atom. The Balaban J connectivity index is 1.60. The summed E-state index contributed by atoms with van der Waals surface area (Å²) in [6.45, 7) is 8.38. The molecule has 0 spiro atoms. The highest BCUT2D eigenvalue weighted by atomic mass is 16.5. The first-order chi connectivity index (χ1) is 11.7. The summed E-state index contributed by atoms with van der Waals surface area (Å²) in [4.78, 5) is 11.3. The second-order valence-corrected chi connectivity index (χ2v) is 10.0. The van der Waals surface area contributed by atoms with Crippen LogP contribution in [0.4, 0.5) is 0 Å². The van der Waals surface area contributed by atoms with E-state index in [4.69, 9.17) is 4.74 Å². The van der Waals surface area contributed by atoms with Gasteiger partial charge in [0.2, 0.25) is 0 Å². The Kier molecular flexibility index (Phi) is 3.92. The summed E-state index contributed by atoms with van der Waals surface area (Å²) in [5.74, 6) is 2.57. The maximum atomic E-state index is 11.3. The lowest BCUT2D eigenvalue weighted by molar-refractivity contribution is -0.149. The lowest BCUT2D eigenvalue weighted by Gasteiger charge is -2.60. The molecule has 0 aromatic rings. The van der Waals surface area contributed by atoms with E-state index >= 15 is 0 Å². The van der Waals surface area contributed by atoms with Gasteiger partial charge in [0.15, 0.2) is 0 Å². The van der Waals surface area contributed by atoms with Crippen molar-refractivity contribution in [3.05, 3.63) is 12.2 Å². The highest BCUT2D eigenvalue weighted by Gasteiger charge is 2.62. The van der Waals surface area contributed by atoms with E-state index in [1.807, 2.05) is 0 Å². The first-order valence-electron chi connectivity index (χ1n) is 10.3. The molecule has 140 valence electrons. The molecule has 0 saturated heterocycles. The van der Waals surface area contributed by atoms with Crippen molar-refractivity contribution in [2.24, 2.45) is 34.5 Å². The molecule has 0 aromatic carbocycles. The zero-order valence-corrected chi connectivity index (χ0v) is 16.3. The van der Waals surface area contributed by atoms with Crippen molar-refractivity contribution in [2.45, 2.75) is 84.3 Å². The van der Waals surface area contributed by atoms with Crippen LogP contribution in [0.5, 0.6) is 0 Å². The lowest BCUT2D eigenvalue weighted by atomic mass is 9.45. The molecule has 1 N–H and O–H groups in total. The number of aliphatic hydroxyl groups is 1. The van der Waals surface area contributed by atoms with Gasteiger partial charge in [-0.15, -0.1) is 0 Å². The van der Waals surface area contributed by atoms with Crippen molar-refractivity contribution in [1.82, 2.24) is 0 Å². The van der Waals surface area contributed by atoms with Gasteiger partial charge >= 0.3 is 5.97 Å². The summed E-state index contributed by atoms with van der Waals surface area (Å²) in [6.07, 6.45) is 12.5. The van der Waals surface area contributed by atoms with Gasteiger partial charge in [-0.05, 0) is 92.4 Å². The normalized spacial score (nSPS) is 54.4. The second kappa shape index (κ2) is 5.58. The molecular formula is C22H34O3. The fourth-order valence-electron chi connectivity index (χ4n) is 7.32. The second-order valence-electron chi connectivity index (χ2n) is 10.0. The number of ether oxygens (including phenoxy) is 1. The SMILES string of the molecule is CC(=O)OC1C=CC2(C)C(CCC3C2CCC2(C)C3CCC2(C)O)C1. The predicted octanol–water partition coefficient (Wildman–Crippen LogP) is 4.49. The van der Waals surface area contributed by atoms with Gasteiger partial charge < -0.3 is 9.84 Å². The third-order valence-electron chi connectivity index (χ3n) is 9.03. The van der Waals surface area contributed by atoms with Gasteiger partial charge in [0, 0.05) is 6.92 Å². The molecule has 0 amide bonds. The molecule has 0 bridgehead atoms. The standard InChI is InChI=1S/C22H34O3/c1-14(23)25-16-7-10-20(2)15(13-16)5-6-17-18(20)8-11-21(3)19(17)9-12-22(21,4)24/h7,10,15-19,24H,5-6,8-9,11-13H2,1-4H3. The average molecular weight is 347 g/mol. The molecule has 3 saturated carbocycles. The molecule has 0 aromatic heterocycles. The van der Waals surface area contributed by atoms with Crippen LogP contribution >= 0.6 is 0 Å². The number of esters is 1. The zero-order valence-electron chi connectivity index (χ0n) is 16.3. The van der Waals surface area contributed by atoms with E-state index in [1.54, 1.807) is 0 Å². The fourth-order valence-corrected chi connectivity index (χ4v) is 7.32. The monoisotopic (exact) mass is 346 g/mol. The van der Waals surface area contributed by atoms with Crippen molar-refractivity contribution in [1.29, 1.82) is 0 Å². The van der Waals surface area contributed by atoms with Gasteiger partial charge in [-0.2, -0.15) is 0 Å². The summed E-state index contributed by atoms with van der Waals surface area (Å²) in [5, 5.41) is 11.0. The van der Waals surface area contributed by atoms with Crippen molar-refractivity contribution in [3.8, 4) is 0 Å². The molecule has 8 atom stereocenters. The number of rotatable bonds is 1. The minimum absolute atomic E-state index is 0.0341. The molecule has 0 heterocycles. The van der Waals surface area contributed by atoms with Crippen LogP contribution in [0.1, 0.15) is 72.6 Å². The smallest absolute Gasteiger partial charge is 0.303 e. The Labute approximate surface area is 152 Å². The van der Waals surface area contributed by atoms with Crippen LogP contribution in [0.2, 0.25) is 0 Å². The predicted molar refractivity (Wildman–Crippen MR) is 97.8 cm³/mol. The lowest BCUT2D eigenvalue weighted by Crippen LogP contribution is -2.55. The third kappa shape index (κ3) is 2.44. The molecule has 4 rings (SSSR count). The molecule has 3 nitrogen and oxygen atoms in total. The number of carbonyl (C=O) groups excluding carboxylic acids is 1. The van der Waals surface area contributed by atoms with E-state index in [0.717, 1.165) is 25.2 Å². The Morgan fingerprint density at radius 1 is 1.08 bits per heavy atom. The van der Waals surface area contributed by atoms with E-state index < -0.39 is 5.60 Å². The van der Waals surface area contributed by atoms with Gasteiger partial charge in [0.1, 0.15) is 6.10 Å². The highest BCUT2D eigenvalue weighted by Crippen LogP contribution is 2.67. The van der Waals surface area contributed by atoms with Gasteiger partial charge in [-0.1, -0.05) is 19.9 Å². The maximum absolute atomic E-state index is 11.3. The zero-order chi connectivity index (χ0) is 18.0. The van der Waals surface area contributed by atoms with E-state index in [0.29, 0.717) is 17.8 Å². The average Bonchev–Trinajstić information content (AvgIpc) is 2.77. The maximum Gasteiger partial charge on any atom is 0.303 e. The molecule has 25 heavy (non-hydrogen) atoms. The third-order valence-corrected chi connectivity index (χ3v) is 9.03. The van der Waals surface area contributed by atoms with Crippen LogP contribution in [0.3, 0.4) is 0 Å². The van der Waals surface area contributed by atoms with E-state index in [-0.39, 0.29) is 22.9 Å². The van der Waals surface area contributed by atoms with Gasteiger partial charge in [0.25, 0.3) is 0 Å². The first kappa shape index (κ1) is 17.6. The number of hydrogen-bond donors (Lipinski definition) is 1. The molecular weight excluding hydrogens is 312 g/mol. The fraction of sp³-hybridized carbons (Fsp3) is 0.864. The molecule has 0 aliphatic heterocycles. The van der Waals surface area contributed by atoms with E-state index in [2.05, 4.69) is 32.9 Å². The van der Waals surface area contributed by atoms with Crippen molar-refractivity contribution < 1.29 is 14.6 Å². The van der Waals surface area contributed by atoms with Gasteiger partial charge in [0.05, 0.1) is 5.60 Å². The summed E-state index contributed by atoms with van der Waals surface area (Å²) in [5.41, 5.74) is -0.172. The van der Waals surface area contributed by atoms with Crippen molar-refractivity contribution >= 4 is 5.97 Å². The van der Waals surface area contributed by atoms with Crippen LogP contribution in [-0.2, 0) is 9.53 Å². The molecule has 3 heteroatoms. The largest absolute Gasteiger partial charge is 0.458 e. The Bertz CT molecular complexity index is 594. The summed E-state index contributed by atoms with van der Waals surface area (Å²) in [6, 6.07) is 0. The number of hydrogen-bond acceptors (Lipinski definition) is 3. The van der Waals surface area contributed by atoms with Crippen LogP contribution < -0.4 is 0 Å². The molecule has 4 aliphatic rings. The van der Waals surface area contributed by atoms with E-state index in [1.165, 1.54) is 32.6 Å². The van der Waals surface area contributed by atoms with Gasteiger partial charge in [-0.3, -0.25) is 4.79 Å². The first-order valence-corrected chi connectivity index (χ1v) is 10.3. The molecule has 8 unspecified atom stereocenters. The molecule has 0 radical (unpaired) electrons. The Hall–Kier alpha value is -0.830. The number of allylic oxidation sites excluding steroid dienone is 1. The van der Waals surface area contributed by atoms with Crippen molar-refractivity contribution in [3.63, 3.8) is 0 Å². The minimum Gasteiger partial charge on any atom is -0.458 e. The van der Waals surface area contributed by atoms with E-state index in [9.17, 15) is 9.90 Å². The van der Waals surface area contributed by atoms with Crippen LogP contribution in [-0.4, -0.2) is 22.8 Å². The quantitative estimate of drug-likeness (QED) is 0.562. The molecule has 4 aliphatic carbocycles. The number of carbonyl (C=O) groups is 1. The van der Waals surface area contributed by atoms with Crippen LogP contribution in [0, 0.1) is 34.5 Å². The highest BCUT2D eigenvalue weighted by molar-refractivity contribution is 5.66. The van der Waals surface area contributed by atoms with Crippen LogP contribution in [0.25, 0.3) is 0 Å². The van der Waals surface area contributed by atoms with Crippen molar-refractivity contribution in [2.75, 3.05) is 0 Å². The number of fused-ring (bicyclic) bond motifs is 5. The molecule has 3 fully saturated rings. The Morgan fingerprint density at radius 2 is 1.80 bits per heavy atom. The topological polar surface area (TPSA) is 46.5 Å². The van der Waals surface area contributed by atoms with Crippen LogP contribution in [0.15, 0.2) is 12.2 Å². The summed E-state index contributed by atoms with van der Waals surface area (Å²) < 4.78 is 5.48. The minimum atomic E-state index is -0.497. The summed E-state index contributed by atoms with van der Waals surface area (Å²) >= 11 is 0. The van der Waals surface area contributed by atoms with Gasteiger partial charge in [-0.25, -0.2) is 0 Å². The summed E-state index contributed by atoms with van der Waals surface area (Å²) in [7, 11) is 0.